The third-order valence-corrected chi connectivity index (χ3v) is 3.13. The van der Waals surface area contributed by atoms with Crippen molar-refractivity contribution in [2.45, 2.75) is 19.4 Å². The molecule has 0 spiro atoms. The number of carbonyl (C=O) groups is 1. The molecule has 2 rings (SSSR count). The highest BCUT2D eigenvalue weighted by Crippen LogP contribution is 2.19. The van der Waals surface area contributed by atoms with Crippen LogP contribution in [-0.4, -0.2) is 45.4 Å². The lowest BCUT2D eigenvalue weighted by molar-refractivity contribution is -0.133. The number of amides is 1. The molecule has 0 aromatic carbocycles. The van der Waals surface area contributed by atoms with Crippen LogP contribution in [0.5, 0.6) is 0 Å². The first-order valence-electron chi connectivity index (χ1n) is 5.61. The van der Waals surface area contributed by atoms with Crippen LogP contribution in [0.4, 0.5) is 0 Å². The molecule has 1 aromatic heterocycles. The largest absolute Gasteiger partial charge is 0.396 e. The van der Waals surface area contributed by atoms with Crippen LogP contribution in [0.3, 0.4) is 0 Å². The number of carbonyl (C=O) groups excluding carboxylic acids is 1. The van der Waals surface area contributed by atoms with E-state index in [0.717, 1.165) is 13.0 Å². The fraction of sp³-hybridized carbons (Fsp3) is 0.636. The molecule has 1 aromatic rings. The van der Waals surface area contributed by atoms with Gasteiger partial charge in [-0.05, 0) is 19.4 Å². The number of rotatable bonds is 3. The van der Waals surface area contributed by atoms with Crippen LogP contribution in [0.2, 0.25) is 0 Å². The number of aromatic nitrogens is 2. The van der Waals surface area contributed by atoms with Gasteiger partial charge < -0.3 is 10.0 Å². The summed E-state index contributed by atoms with van der Waals surface area (Å²) in [5.74, 6) is 0.327. The summed E-state index contributed by atoms with van der Waals surface area (Å²) in [5, 5.41) is 13.1. The van der Waals surface area contributed by atoms with Crippen molar-refractivity contribution >= 4 is 5.91 Å². The van der Waals surface area contributed by atoms with E-state index < -0.39 is 0 Å². The predicted molar refractivity (Wildman–Crippen MR) is 58.7 cm³/mol. The van der Waals surface area contributed by atoms with Gasteiger partial charge in [-0.15, -0.1) is 0 Å². The molecule has 2 unspecified atom stereocenters. The van der Waals surface area contributed by atoms with Gasteiger partial charge in [0.15, 0.2) is 0 Å². The van der Waals surface area contributed by atoms with Crippen molar-refractivity contribution in [1.29, 1.82) is 0 Å². The third-order valence-electron chi connectivity index (χ3n) is 3.13. The minimum Gasteiger partial charge on any atom is -0.396 e. The van der Waals surface area contributed by atoms with Crippen molar-refractivity contribution in [2.75, 3.05) is 19.7 Å². The molecule has 1 saturated heterocycles. The summed E-state index contributed by atoms with van der Waals surface area (Å²) < 4.78 is 1.66. The fourth-order valence-corrected chi connectivity index (χ4v) is 2.07. The lowest BCUT2D eigenvalue weighted by atomic mass is 10.1. The van der Waals surface area contributed by atoms with Gasteiger partial charge in [0.2, 0.25) is 5.91 Å². The van der Waals surface area contributed by atoms with Crippen molar-refractivity contribution in [3.63, 3.8) is 0 Å². The molecule has 2 heterocycles. The molecule has 0 aliphatic carbocycles. The van der Waals surface area contributed by atoms with Crippen LogP contribution in [0.15, 0.2) is 18.5 Å². The summed E-state index contributed by atoms with van der Waals surface area (Å²) in [6.45, 7) is 3.43. The monoisotopic (exact) mass is 223 g/mol. The number of likely N-dealkylation sites (tertiary alicyclic amines) is 1. The Bertz CT molecular complexity index is 350. The SMILES string of the molecule is CC(C(=O)N1CCC(CO)C1)n1cccn1. The number of aliphatic hydroxyl groups is 1. The summed E-state index contributed by atoms with van der Waals surface area (Å²) in [5.41, 5.74) is 0. The van der Waals surface area contributed by atoms with Crippen LogP contribution in [0, 0.1) is 5.92 Å². The van der Waals surface area contributed by atoms with E-state index >= 15 is 0 Å². The molecule has 1 fully saturated rings. The lowest BCUT2D eigenvalue weighted by Gasteiger charge is -2.21. The van der Waals surface area contributed by atoms with Gasteiger partial charge in [-0.1, -0.05) is 0 Å². The normalized spacial score (nSPS) is 22.4. The molecule has 2 atom stereocenters. The molecule has 88 valence electrons. The van der Waals surface area contributed by atoms with Crippen LogP contribution in [0.25, 0.3) is 0 Å². The zero-order valence-corrected chi connectivity index (χ0v) is 9.41. The summed E-state index contributed by atoms with van der Waals surface area (Å²) in [4.78, 5) is 13.9. The van der Waals surface area contributed by atoms with Crippen molar-refractivity contribution in [2.24, 2.45) is 5.92 Å². The van der Waals surface area contributed by atoms with Gasteiger partial charge in [-0.25, -0.2) is 0 Å². The van der Waals surface area contributed by atoms with E-state index in [4.69, 9.17) is 5.11 Å². The first-order valence-corrected chi connectivity index (χ1v) is 5.61. The average molecular weight is 223 g/mol. The predicted octanol–water partition coefficient (Wildman–Crippen LogP) is 0.285. The van der Waals surface area contributed by atoms with Crippen molar-refractivity contribution in [1.82, 2.24) is 14.7 Å². The summed E-state index contributed by atoms with van der Waals surface area (Å²) in [6.07, 6.45) is 4.36. The summed E-state index contributed by atoms with van der Waals surface area (Å²) >= 11 is 0. The average Bonchev–Trinajstić information content (AvgIpc) is 2.97. The highest BCUT2D eigenvalue weighted by Gasteiger charge is 2.29. The Balaban J connectivity index is 1.98. The molecule has 0 bridgehead atoms. The van der Waals surface area contributed by atoms with E-state index in [1.54, 1.807) is 17.1 Å². The number of hydrogen-bond donors (Lipinski definition) is 1. The first-order chi connectivity index (χ1) is 7.72. The molecule has 5 heteroatoms. The maximum atomic E-state index is 12.1. The van der Waals surface area contributed by atoms with Gasteiger partial charge in [0.1, 0.15) is 6.04 Å². The lowest BCUT2D eigenvalue weighted by Crippen LogP contribution is -2.35. The van der Waals surface area contributed by atoms with Crippen LogP contribution in [-0.2, 0) is 4.79 Å². The quantitative estimate of drug-likeness (QED) is 0.801. The molecule has 16 heavy (non-hydrogen) atoms. The maximum Gasteiger partial charge on any atom is 0.247 e. The van der Waals surface area contributed by atoms with Crippen LogP contribution in [0.1, 0.15) is 19.4 Å². The zero-order chi connectivity index (χ0) is 11.5. The number of hydrogen-bond acceptors (Lipinski definition) is 3. The number of aliphatic hydroxyl groups excluding tert-OH is 1. The molecule has 0 radical (unpaired) electrons. The molecule has 1 aliphatic rings. The Kier molecular flexibility index (Phi) is 3.24. The Morgan fingerprint density at radius 2 is 2.50 bits per heavy atom. The van der Waals surface area contributed by atoms with E-state index in [9.17, 15) is 4.79 Å². The van der Waals surface area contributed by atoms with Crippen LogP contribution >= 0.6 is 0 Å². The van der Waals surface area contributed by atoms with E-state index in [1.165, 1.54) is 0 Å². The topological polar surface area (TPSA) is 58.4 Å². The fourth-order valence-electron chi connectivity index (χ4n) is 2.07. The Morgan fingerprint density at radius 3 is 3.06 bits per heavy atom. The van der Waals surface area contributed by atoms with Crippen LogP contribution < -0.4 is 0 Å². The Labute approximate surface area is 94.7 Å². The molecule has 5 nitrogen and oxygen atoms in total. The van der Waals surface area contributed by atoms with Gasteiger partial charge in [0.25, 0.3) is 0 Å². The van der Waals surface area contributed by atoms with Crippen molar-refractivity contribution < 1.29 is 9.90 Å². The minimum absolute atomic E-state index is 0.0830. The van der Waals surface area contributed by atoms with Crippen molar-refractivity contribution in [3.8, 4) is 0 Å². The standard InChI is InChI=1S/C11H17N3O2/c1-9(14-5-2-4-12-14)11(16)13-6-3-10(7-13)8-15/h2,4-5,9-10,15H,3,6-8H2,1H3. The third kappa shape index (κ3) is 2.09. The molecule has 1 amide bonds. The van der Waals surface area contributed by atoms with Gasteiger partial charge in [0.05, 0.1) is 0 Å². The first kappa shape index (κ1) is 11.1. The maximum absolute atomic E-state index is 12.1. The van der Waals surface area contributed by atoms with E-state index in [0.29, 0.717) is 6.54 Å². The van der Waals surface area contributed by atoms with E-state index in [-0.39, 0.29) is 24.5 Å². The smallest absolute Gasteiger partial charge is 0.247 e. The second-order valence-corrected chi connectivity index (χ2v) is 4.28. The van der Waals surface area contributed by atoms with Gasteiger partial charge in [-0.3, -0.25) is 9.48 Å². The highest BCUT2D eigenvalue weighted by molar-refractivity contribution is 5.80. The van der Waals surface area contributed by atoms with E-state index in [2.05, 4.69) is 5.10 Å². The molecular formula is C11H17N3O2. The molecular weight excluding hydrogens is 206 g/mol. The zero-order valence-electron chi connectivity index (χ0n) is 9.41. The van der Waals surface area contributed by atoms with Crippen molar-refractivity contribution in [3.05, 3.63) is 18.5 Å². The minimum atomic E-state index is -0.257. The van der Waals surface area contributed by atoms with Gasteiger partial charge in [-0.2, -0.15) is 5.10 Å². The second-order valence-electron chi connectivity index (χ2n) is 4.28. The Hall–Kier alpha value is -1.36. The Morgan fingerprint density at radius 1 is 1.69 bits per heavy atom. The molecule has 1 aliphatic heterocycles. The molecule has 0 saturated carbocycles. The molecule has 1 N–H and O–H groups in total. The number of nitrogens with zero attached hydrogens (tertiary/aromatic N) is 3. The highest BCUT2D eigenvalue weighted by atomic mass is 16.3. The van der Waals surface area contributed by atoms with E-state index in [1.807, 2.05) is 17.9 Å². The second kappa shape index (κ2) is 4.65. The van der Waals surface area contributed by atoms with Gasteiger partial charge >= 0.3 is 0 Å². The van der Waals surface area contributed by atoms with Gasteiger partial charge in [0, 0.05) is 38.0 Å². The summed E-state index contributed by atoms with van der Waals surface area (Å²) in [6, 6.07) is 1.55. The summed E-state index contributed by atoms with van der Waals surface area (Å²) in [7, 11) is 0.